The van der Waals surface area contributed by atoms with Crippen LogP contribution >= 0.6 is 11.6 Å². The third kappa shape index (κ3) is 2.94. The summed E-state index contributed by atoms with van der Waals surface area (Å²) in [6.45, 7) is 6.68. The lowest BCUT2D eigenvalue weighted by atomic mass is 10.1. The standard InChI is InChI=1S/C14H17ClF2N2O/c1-9(2)18-5-7-19(8-6-18)14(20)10-3-4-11(15)13(17)12(10)16/h3-4,9H,5-8H2,1-2H3. The highest BCUT2D eigenvalue weighted by Crippen LogP contribution is 2.22. The van der Waals surface area contributed by atoms with E-state index >= 15 is 0 Å². The first kappa shape index (κ1) is 15.2. The van der Waals surface area contributed by atoms with Gasteiger partial charge in [0, 0.05) is 32.2 Å². The van der Waals surface area contributed by atoms with Crippen LogP contribution in [0.5, 0.6) is 0 Å². The Morgan fingerprint density at radius 2 is 1.75 bits per heavy atom. The van der Waals surface area contributed by atoms with Crippen LogP contribution in [0.25, 0.3) is 0 Å². The molecule has 1 aromatic rings. The number of benzene rings is 1. The number of carbonyl (C=O) groups is 1. The first-order valence-electron chi connectivity index (χ1n) is 6.58. The van der Waals surface area contributed by atoms with Gasteiger partial charge in [0.25, 0.3) is 5.91 Å². The molecule has 2 rings (SSSR count). The van der Waals surface area contributed by atoms with Gasteiger partial charge in [-0.2, -0.15) is 0 Å². The Morgan fingerprint density at radius 1 is 1.15 bits per heavy atom. The second-order valence-corrected chi connectivity index (χ2v) is 5.55. The van der Waals surface area contributed by atoms with E-state index in [4.69, 9.17) is 11.6 Å². The number of rotatable bonds is 2. The Morgan fingerprint density at radius 3 is 2.30 bits per heavy atom. The molecule has 0 spiro atoms. The van der Waals surface area contributed by atoms with Crippen LogP contribution in [0.1, 0.15) is 24.2 Å². The molecule has 0 aromatic heterocycles. The van der Waals surface area contributed by atoms with Crippen molar-refractivity contribution in [2.24, 2.45) is 0 Å². The topological polar surface area (TPSA) is 23.6 Å². The van der Waals surface area contributed by atoms with Gasteiger partial charge in [0.1, 0.15) is 0 Å². The van der Waals surface area contributed by atoms with Crippen molar-refractivity contribution < 1.29 is 13.6 Å². The molecular weight excluding hydrogens is 286 g/mol. The molecule has 20 heavy (non-hydrogen) atoms. The molecule has 0 aliphatic carbocycles. The van der Waals surface area contributed by atoms with Crippen molar-refractivity contribution >= 4 is 17.5 Å². The molecule has 3 nitrogen and oxygen atoms in total. The van der Waals surface area contributed by atoms with Crippen molar-refractivity contribution in [1.82, 2.24) is 9.80 Å². The molecule has 0 unspecified atom stereocenters. The lowest BCUT2D eigenvalue weighted by Crippen LogP contribution is -2.50. The van der Waals surface area contributed by atoms with Gasteiger partial charge in [-0.3, -0.25) is 9.69 Å². The minimum atomic E-state index is -1.17. The van der Waals surface area contributed by atoms with Gasteiger partial charge >= 0.3 is 0 Å². The number of amides is 1. The fourth-order valence-electron chi connectivity index (χ4n) is 2.30. The zero-order valence-electron chi connectivity index (χ0n) is 11.5. The van der Waals surface area contributed by atoms with E-state index in [1.807, 2.05) is 0 Å². The Bertz CT molecular complexity index is 514. The van der Waals surface area contributed by atoms with E-state index in [-0.39, 0.29) is 10.6 Å². The first-order valence-corrected chi connectivity index (χ1v) is 6.96. The maximum Gasteiger partial charge on any atom is 0.257 e. The normalized spacial score (nSPS) is 16.8. The van der Waals surface area contributed by atoms with Gasteiger partial charge in [0.2, 0.25) is 0 Å². The average Bonchev–Trinajstić information content (AvgIpc) is 2.44. The molecule has 1 aromatic carbocycles. The Balaban J connectivity index is 2.12. The number of halogens is 3. The molecule has 0 saturated carbocycles. The fourth-order valence-corrected chi connectivity index (χ4v) is 2.45. The molecule has 0 radical (unpaired) electrons. The van der Waals surface area contributed by atoms with Crippen LogP contribution in [0.3, 0.4) is 0 Å². The van der Waals surface area contributed by atoms with E-state index in [1.165, 1.54) is 12.1 Å². The molecule has 1 saturated heterocycles. The summed E-state index contributed by atoms with van der Waals surface area (Å²) in [6.07, 6.45) is 0. The zero-order valence-corrected chi connectivity index (χ0v) is 12.3. The van der Waals surface area contributed by atoms with Crippen LogP contribution in [0.4, 0.5) is 8.78 Å². The van der Waals surface area contributed by atoms with Gasteiger partial charge in [0.05, 0.1) is 10.6 Å². The number of piperazine rings is 1. The summed E-state index contributed by atoms with van der Waals surface area (Å²) < 4.78 is 27.2. The third-order valence-corrected chi connectivity index (χ3v) is 3.89. The van der Waals surface area contributed by atoms with Crippen LogP contribution in [0, 0.1) is 11.6 Å². The first-order chi connectivity index (χ1) is 9.41. The van der Waals surface area contributed by atoms with Crippen molar-refractivity contribution in [1.29, 1.82) is 0 Å². The van der Waals surface area contributed by atoms with E-state index in [9.17, 15) is 13.6 Å². The van der Waals surface area contributed by atoms with Crippen LogP contribution in [0.2, 0.25) is 5.02 Å². The minimum Gasteiger partial charge on any atom is -0.336 e. The molecule has 6 heteroatoms. The smallest absolute Gasteiger partial charge is 0.257 e. The zero-order chi connectivity index (χ0) is 14.9. The van der Waals surface area contributed by atoms with Crippen LogP contribution in [-0.2, 0) is 0 Å². The fraction of sp³-hybridized carbons (Fsp3) is 0.500. The summed E-state index contributed by atoms with van der Waals surface area (Å²) in [5.74, 6) is -2.83. The largest absolute Gasteiger partial charge is 0.336 e. The van der Waals surface area contributed by atoms with Gasteiger partial charge in [-0.1, -0.05) is 11.6 Å². The van der Waals surface area contributed by atoms with Gasteiger partial charge in [0.15, 0.2) is 11.6 Å². The number of nitrogens with zero attached hydrogens (tertiary/aromatic N) is 2. The predicted molar refractivity (Wildman–Crippen MR) is 74.0 cm³/mol. The van der Waals surface area contributed by atoms with Crippen molar-refractivity contribution in [3.8, 4) is 0 Å². The molecule has 0 N–H and O–H groups in total. The Labute approximate surface area is 122 Å². The molecule has 110 valence electrons. The third-order valence-electron chi connectivity index (χ3n) is 3.60. The second-order valence-electron chi connectivity index (χ2n) is 5.14. The van der Waals surface area contributed by atoms with Crippen molar-refractivity contribution in [2.75, 3.05) is 26.2 Å². The van der Waals surface area contributed by atoms with E-state index in [1.54, 1.807) is 4.90 Å². The molecule has 1 amide bonds. The highest BCUT2D eigenvalue weighted by atomic mass is 35.5. The molecule has 1 heterocycles. The molecule has 0 bridgehead atoms. The van der Waals surface area contributed by atoms with E-state index < -0.39 is 17.5 Å². The molecule has 1 aliphatic rings. The summed E-state index contributed by atoms with van der Waals surface area (Å²) in [4.78, 5) is 16.0. The minimum absolute atomic E-state index is 0.259. The SMILES string of the molecule is CC(C)N1CCN(C(=O)c2ccc(Cl)c(F)c2F)CC1. The van der Waals surface area contributed by atoms with Crippen molar-refractivity contribution in [3.05, 3.63) is 34.4 Å². The highest BCUT2D eigenvalue weighted by Gasteiger charge is 2.26. The predicted octanol–water partition coefficient (Wildman–Crippen LogP) is 2.78. The molecular formula is C14H17ClF2N2O. The second kappa shape index (κ2) is 6.06. The lowest BCUT2D eigenvalue weighted by molar-refractivity contribution is 0.0590. The maximum absolute atomic E-state index is 13.8. The van der Waals surface area contributed by atoms with E-state index in [2.05, 4.69) is 18.7 Å². The number of carbonyl (C=O) groups excluding carboxylic acids is 1. The van der Waals surface area contributed by atoms with Crippen molar-refractivity contribution in [2.45, 2.75) is 19.9 Å². The monoisotopic (exact) mass is 302 g/mol. The summed E-state index contributed by atoms with van der Waals surface area (Å²) in [5.41, 5.74) is -0.259. The number of hydrogen-bond acceptors (Lipinski definition) is 2. The summed E-state index contributed by atoms with van der Waals surface area (Å²) >= 11 is 5.48. The summed E-state index contributed by atoms with van der Waals surface area (Å²) in [6, 6.07) is 2.85. The molecule has 1 fully saturated rings. The van der Waals surface area contributed by atoms with Crippen LogP contribution < -0.4 is 0 Å². The van der Waals surface area contributed by atoms with Crippen molar-refractivity contribution in [3.63, 3.8) is 0 Å². The van der Waals surface area contributed by atoms with E-state index in [0.717, 1.165) is 13.1 Å². The summed E-state index contributed by atoms with van der Waals surface area (Å²) in [5, 5.41) is -0.316. The Kier molecular flexibility index (Phi) is 4.60. The number of hydrogen-bond donors (Lipinski definition) is 0. The van der Waals surface area contributed by atoms with Crippen LogP contribution in [-0.4, -0.2) is 47.9 Å². The highest BCUT2D eigenvalue weighted by molar-refractivity contribution is 6.30. The van der Waals surface area contributed by atoms with Gasteiger partial charge in [-0.15, -0.1) is 0 Å². The molecule has 0 atom stereocenters. The Hall–Kier alpha value is -1.20. The lowest BCUT2D eigenvalue weighted by Gasteiger charge is -2.37. The summed E-state index contributed by atoms with van der Waals surface area (Å²) in [7, 11) is 0. The van der Waals surface area contributed by atoms with Gasteiger partial charge in [-0.05, 0) is 26.0 Å². The quantitative estimate of drug-likeness (QED) is 0.784. The maximum atomic E-state index is 13.8. The van der Waals surface area contributed by atoms with Crippen LogP contribution in [0.15, 0.2) is 12.1 Å². The van der Waals surface area contributed by atoms with Gasteiger partial charge < -0.3 is 4.90 Å². The molecule has 1 aliphatic heterocycles. The average molecular weight is 303 g/mol. The van der Waals surface area contributed by atoms with Gasteiger partial charge in [-0.25, -0.2) is 8.78 Å². The van der Waals surface area contributed by atoms with E-state index in [0.29, 0.717) is 19.1 Å².